The second-order valence-electron chi connectivity index (χ2n) is 3.50. The first-order valence-corrected chi connectivity index (χ1v) is 4.70. The Morgan fingerprint density at radius 3 is 2.64 bits per heavy atom. The molecule has 1 heterocycles. The standard InChI is InChI=1S/C9H14N2O3/c1-4-5-7-9(11(12)13)8(6(2)3)10-14-7/h6H,4-5H2,1-3H3. The van der Waals surface area contributed by atoms with Crippen molar-refractivity contribution in [2.75, 3.05) is 0 Å². The summed E-state index contributed by atoms with van der Waals surface area (Å²) in [4.78, 5) is 10.4. The molecule has 1 aromatic heterocycles. The van der Waals surface area contributed by atoms with Gasteiger partial charge in [0.05, 0.1) is 4.92 Å². The van der Waals surface area contributed by atoms with Crippen molar-refractivity contribution in [2.24, 2.45) is 0 Å². The summed E-state index contributed by atoms with van der Waals surface area (Å²) in [6, 6.07) is 0. The lowest BCUT2D eigenvalue weighted by Crippen LogP contribution is -1.97. The van der Waals surface area contributed by atoms with Crippen LogP contribution in [0.5, 0.6) is 0 Å². The number of aryl methyl sites for hydroxylation is 1. The van der Waals surface area contributed by atoms with Crippen LogP contribution in [0.15, 0.2) is 4.52 Å². The van der Waals surface area contributed by atoms with E-state index in [-0.39, 0.29) is 11.6 Å². The van der Waals surface area contributed by atoms with Crippen LogP contribution >= 0.6 is 0 Å². The molecule has 1 rings (SSSR count). The summed E-state index contributed by atoms with van der Waals surface area (Å²) < 4.78 is 4.97. The zero-order valence-electron chi connectivity index (χ0n) is 8.61. The number of nitrogens with zero attached hydrogens (tertiary/aromatic N) is 2. The molecule has 0 N–H and O–H groups in total. The lowest BCUT2D eigenvalue weighted by atomic mass is 10.1. The highest BCUT2D eigenvalue weighted by Crippen LogP contribution is 2.29. The molecule has 0 aromatic carbocycles. The van der Waals surface area contributed by atoms with Gasteiger partial charge in [-0.2, -0.15) is 0 Å². The van der Waals surface area contributed by atoms with Gasteiger partial charge < -0.3 is 4.52 Å². The third-order valence-electron chi connectivity index (χ3n) is 1.97. The number of hydrogen-bond acceptors (Lipinski definition) is 4. The van der Waals surface area contributed by atoms with Crippen LogP contribution in [0.25, 0.3) is 0 Å². The average Bonchev–Trinajstić information content (AvgIpc) is 2.48. The van der Waals surface area contributed by atoms with Gasteiger partial charge in [0, 0.05) is 12.3 Å². The van der Waals surface area contributed by atoms with Crippen LogP contribution in [-0.4, -0.2) is 10.1 Å². The Labute approximate surface area is 82.2 Å². The molecule has 0 bridgehead atoms. The fraction of sp³-hybridized carbons (Fsp3) is 0.667. The second kappa shape index (κ2) is 4.21. The summed E-state index contributed by atoms with van der Waals surface area (Å²) in [5, 5.41) is 14.5. The van der Waals surface area contributed by atoms with Crippen LogP contribution in [0, 0.1) is 10.1 Å². The molecule has 0 saturated carbocycles. The van der Waals surface area contributed by atoms with Crippen LogP contribution in [-0.2, 0) is 6.42 Å². The number of nitro groups is 1. The predicted molar refractivity (Wildman–Crippen MR) is 51.2 cm³/mol. The highest BCUT2D eigenvalue weighted by molar-refractivity contribution is 5.40. The van der Waals surface area contributed by atoms with Crippen molar-refractivity contribution in [2.45, 2.75) is 39.5 Å². The zero-order chi connectivity index (χ0) is 10.7. The van der Waals surface area contributed by atoms with E-state index >= 15 is 0 Å². The van der Waals surface area contributed by atoms with Gasteiger partial charge in [0.2, 0.25) is 5.76 Å². The minimum Gasteiger partial charge on any atom is -0.354 e. The Kier molecular flexibility index (Phi) is 3.22. The van der Waals surface area contributed by atoms with Crippen molar-refractivity contribution in [3.05, 3.63) is 21.6 Å². The summed E-state index contributed by atoms with van der Waals surface area (Å²) in [5.74, 6) is 0.408. The summed E-state index contributed by atoms with van der Waals surface area (Å²) in [6.07, 6.45) is 1.38. The first-order valence-electron chi connectivity index (χ1n) is 4.70. The Bertz CT molecular complexity index is 331. The maximum atomic E-state index is 10.8. The lowest BCUT2D eigenvalue weighted by molar-refractivity contribution is -0.386. The molecule has 78 valence electrons. The van der Waals surface area contributed by atoms with E-state index in [1.807, 2.05) is 20.8 Å². The highest BCUT2D eigenvalue weighted by Gasteiger charge is 2.27. The van der Waals surface area contributed by atoms with Crippen molar-refractivity contribution in [3.8, 4) is 0 Å². The fourth-order valence-electron chi connectivity index (χ4n) is 1.30. The van der Waals surface area contributed by atoms with E-state index in [1.165, 1.54) is 0 Å². The van der Waals surface area contributed by atoms with E-state index in [9.17, 15) is 10.1 Å². The van der Waals surface area contributed by atoms with Crippen LogP contribution in [0.4, 0.5) is 5.69 Å². The molecule has 0 radical (unpaired) electrons. The molecule has 14 heavy (non-hydrogen) atoms. The first-order chi connectivity index (χ1) is 6.57. The third-order valence-corrected chi connectivity index (χ3v) is 1.97. The smallest absolute Gasteiger partial charge is 0.334 e. The number of rotatable bonds is 4. The van der Waals surface area contributed by atoms with Gasteiger partial charge in [-0.15, -0.1) is 0 Å². The molecule has 0 spiro atoms. The molecular formula is C9H14N2O3. The topological polar surface area (TPSA) is 69.2 Å². The van der Waals surface area contributed by atoms with Crippen LogP contribution < -0.4 is 0 Å². The van der Waals surface area contributed by atoms with Crippen LogP contribution in [0.1, 0.15) is 44.6 Å². The Balaban J connectivity index is 3.13. The third kappa shape index (κ3) is 1.92. The molecule has 0 aliphatic heterocycles. The maximum absolute atomic E-state index is 10.8. The molecule has 0 unspecified atom stereocenters. The molecular weight excluding hydrogens is 184 g/mol. The molecule has 0 amide bonds. The Hall–Kier alpha value is -1.39. The van der Waals surface area contributed by atoms with E-state index in [0.29, 0.717) is 17.9 Å². The molecule has 0 aliphatic carbocycles. The van der Waals surface area contributed by atoms with Crippen LogP contribution in [0.2, 0.25) is 0 Å². The van der Waals surface area contributed by atoms with E-state index in [4.69, 9.17) is 4.52 Å². The van der Waals surface area contributed by atoms with Crippen molar-refractivity contribution < 1.29 is 9.45 Å². The fourth-order valence-corrected chi connectivity index (χ4v) is 1.30. The first kappa shape index (κ1) is 10.7. The summed E-state index contributed by atoms with van der Waals surface area (Å²) in [5.41, 5.74) is 0.500. The molecule has 0 aliphatic rings. The Morgan fingerprint density at radius 2 is 2.21 bits per heavy atom. The zero-order valence-corrected chi connectivity index (χ0v) is 8.61. The maximum Gasteiger partial charge on any atom is 0.334 e. The summed E-state index contributed by atoms with van der Waals surface area (Å²) in [6.45, 7) is 5.67. The normalized spacial score (nSPS) is 10.9. The van der Waals surface area contributed by atoms with Gasteiger partial charge in [-0.1, -0.05) is 25.9 Å². The molecule has 0 fully saturated rings. The van der Waals surface area contributed by atoms with Gasteiger partial charge in [0.15, 0.2) is 5.69 Å². The van der Waals surface area contributed by atoms with Gasteiger partial charge in [-0.25, -0.2) is 0 Å². The van der Waals surface area contributed by atoms with Gasteiger partial charge >= 0.3 is 5.69 Å². The quantitative estimate of drug-likeness (QED) is 0.550. The van der Waals surface area contributed by atoms with Gasteiger partial charge in [0.25, 0.3) is 0 Å². The SMILES string of the molecule is CCCc1onc(C(C)C)c1[N+](=O)[O-]. The summed E-state index contributed by atoms with van der Waals surface area (Å²) in [7, 11) is 0. The molecule has 1 aromatic rings. The molecule has 0 saturated heterocycles. The predicted octanol–water partition coefficient (Wildman–Crippen LogP) is 2.66. The van der Waals surface area contributed by atoms with Gasteiger partial charge in [-0.3, -0.25) is 10.1 Å². The van der Waals surface area contributed by atoms with E-state index in [1.54, 1.807) is 0 Å². The number of hydrogen-bond donors (Lipinski definition) is 0. The van der Waals surface area contributed by atoms with Gasteiger partial charge in [0.1, 0.15) is 0 Å². The molecule has 0 atom stereocenters. The monoisotopic (exact) mass is 198 g/mol. The molecule has 5 heteroatoms. The number of aromatic nitrogens is 1. The Morgan fingerprint density at radius 1 is 1.57 bits per heavy atom. The average molecular weight is 198 g/mol. The molecule has 5 nitrogen and oxygen atoms in total. The highest BCUT2D eigenvalue weighted by atomic mass is 16.6. The van der Waals surface area contributed by atoms with E-state index < -0.39 is 4.92 Å². The van der Waals surface area contributed by atoms with Crippen LogP contribution in [0.3, 0.4) is 0 Å². The van der Waals surface area contributed by atoms with E-state index in [2.05, 4.69) is 5.16 Å². The van der Waals surface area contributed by atoms with Crippen molar-refractivity contribution >= 4 is 5.69 Å². The summed E-state index contributed by atoms with van der Waals surface area (Å²) >= 11 is 0. The van der Waals surface area contributed by atoms with Crippen molar-refractivity contribution in [1.29, 1.82) is 0 Å². The second-order valence-corrected chi connectivity index (χ2v) is 3.50. The van der Waals surface area contributed by atoms with Crippen molar-refractivity contribution in [1.82, 2.24) is 5.16 Å². The largest absolute Gasteiger partial charge is 0.354 e. The minimum absolute atomic E-state index is 0.0183. The van der Waals surface area contributed by atoms with Crippen molar-refractivity contribution in [3.63, 3.8) is 0 Å². The minimum atomic E-state index is -0.406. The van der Waals surface area contributed by atoms with Gasteiger partial charge in [-0.05, 0) is 6.42 Å². The lowest BCUT2D eigenvalue weighted by Gasteiger charge is -1.97. The van der Waals surface area contributed by atoms with E-state index in [0.717, 1.165) is 6.42 Å².